The highest BCUT2D eigenvalue weighted by Gasteiger charge is 2.28. The first-order chi connectivity index (χ1) is 16.2. The van der Waals surface area contributed by atoms with Crippen LogP contribution in [-0.2, 0) is 13.1 Å². The molecule has 4 aromatic rings. The number of aromatic nitrogens is 5. The Hall–Kier alpha value is -3.67. The van der Waals surface area contributed by atoms with Gasteiger partial charge in [-0.15, -0.1) is 5.10 Å². The number of carbonyl (C=O) groups excluding carboxylic acids is 1. The molecule has 3 aromatic heterocycles. The van der Waals surface area contributed by atoms with Gasteiger partial charge in [0.15, 0.2) is 5.76 Å². The van der Waals surface area contributed by atoms with Gasteiger partial charge in [-0.05, 0) is 30.2 Å². The normalized spacial score (nSPS) is 11.5. The molecule has 8 nitrogen and oxygen atoms in total. The molecule has 1 amide bonds. The second-order valence-electron chi connectivity index (χ2n) is 7.26. The molecule has 13 heteroatoms. The maximum atomic E-state index is 13.3. The zero-order chi connectivity index (χ0) is 24.4. The maximum Gasteiger partial charge on any atom is 0.293 e. The van der Waals surface area contributed by atoms with Crippen molar-refractivity contribution < 1.29 is 26.8 Å². The van der Waals surface area contributed by atoms with Crippen LogP contribution in [0.3, 0.4) is 0 Å². The lowest BCUT2D eigenvalue weighted by Crippen LogP contribution is -2.13. The van der Waals surface area contributed by atoms with Crippen molar-refractivity contribution >= 4 is 23.5 Å². The third-order valence-corrected chi connectivity index (χ3v) is 5.30. The number of furan rings is 1. The van der Waals surface area contributed by atoms with E-state index >= 15 is 0 Å². The zero-order valence-corrected chi connectivity index (χ0v) is 18.3. The van der Waals surface area contributed by atoms with Crippen LogP contribution in [0.5, 0.6) is 0 Å². The predicted octanol–water partition coefficient (Wildman–Crippen LogP) is 5.25. The lowest BCUT2D eigenvalue weighted by Gasteiger charge is -2.05. The van der Waals surface area contributed by atoms with Crippen LogP contribution >= 0.6 is 11.6 Å². The molecule has 0 bridgehead atoms. The highest BCUT2D eigenvalue weighted by molar-refractivity contribution is 6.32. The van der Waals surface area contributed by atoms with Gasteiger partial charge in [0.2, 0.25) is 5.95 Å². The molecule has 0 aliphatic carbocycles. The molecule has 0 saturated heterocycles. The average Bonchev–Trinajstić information content (AvgIpc) is 3.49. The number of alkyl halides is 4. The van der Waals surface area contributed by atoms with Crippen LogP contribution < -0.4 is 5.32 Å². The Morgan fingerprint density at radius 3 is 2.56 bits per heavy atom. The number of benzene rings is 1. The second-order valence-corrected chi connectivity index (χ2v) is 7.63. The fourth-order valence-electron chi connectivity index (χ4n) is 3.23. The first-order valence-corrected chi connectivity index (χ1v) is 10.3. The number of nitrogens with one attached hydrogen (secondary N) is 1. The summed E-state index contributed by atoms with van der Waals surface area (Å²) in [6, 6.07) is 10.4. The molecule has 0 saturated carbocycles. The number of hydrogen-bond acceptors (Lipinski definition) is 5. The van der Waals surface area contributed by atoms with Crippen molar-refractivity contribution in [1.82, 2.24) is 24.5 Å². The lowest BCUT2D eigenvalue weighted by atomic mass is 10.1. The van der Waals surface area contributed by atoms with Gasteiger partial charge in [-0.3, -0.25) is 14.8 Å². The predicted molar refractivity (Wildman–Crippen MR) is 113 cm³/mol. The van der Waals surface area contributed by atoms with E-state index in [9.17, 15) is 22.4 Å². The van der Waals surface area contributed by atoms with Crippen molar-refractivity contribution in [1.29, 1.82) is 0 Å². The molecule has 1 N–H and O–H groups in total. The number of halogens is 5. The number of hydrogen-bond donors (Lipinski definition) is 1. The van der Waals surface area contributed by atoms with Gasteiger partial charge >= 0.3 is 0 Å². The number of rotatable bonds is 8. The summed E-state index contributed by atoms with van der Waals surface area (Å²) in [5.41, 5.74) is 0.315. The molecule has 178 valence electrons. The van der Waals surface area contributed by atoms with Gasteiger partial charge < -0.3 is 4.42 Å². The Balaban J connectivity index is 1.44. The molecular formula is C21H17ClF4N6O2. The Kier molecular flexibility index (Phi) is 6.68. The van der Waals surface area contributed by atoms with Crippen molar-refractivity contribution in [2.75, 3.05) is 5.32 Å². The fourth-order valence-corrected chi connectivity index (χ4v) is 3.53. The van der Waals surface area contributed by atoms with E-state index in [4.69, 9.17) is 16.0 Å². The molecule has 0 unspecified atom stereocenters. The van der Waals surface area contributed by atoms with E-state index in [2.05, 4.69) is 20.5 Å². The molecule has 3 heterocycles. The zero-order valence-electron chi connectivity index (χ0n) is 17.6. The highest BCUT2D eigenvalue weighted by atomic mass is 35.5. The molecule has 0 spiro atoms. The highest BCUT2D eigenvalue weighted by Crippen LogP contribution is 2.35. The van der Waals surface area contributed by atoms with Crippen LogP contribution in [0.2, 0.25) is 5.02 Å². The van der Waals surface area contributed by atoms with E-state index in [-0.39, 0.29) is 17.5 Å². The minimum Gasteiger partial charge on any atom is -0.454 e. The lowest BCUT2D eigenvalue weighted by molar-refractivity contribution is 0.0993. The topological polar surface area (TPSA) is 90.8 Å². The van der Waals surface area contributed by atoms with Crippen molar-refractivity contribution in [3.05, 3.63) is 81.8 Å². The van der Waals surface area contributed by atoms with E-state index in [1.807, 2.05) is 31.2 Å². The Morgan fingerprint density at radius 2 is 1.85 bits per heavy atom. The number of amides is 1. The van der Waals surface area contributed by atoms with Gasteiger partial charge in [-0.2, -0.15) is 5.10 Å². The maximum absolute atomic E-state index is 13.3. The smallest absolute Gasteiger partial charge is 0.293 e. The summed E-state index contributed by atoms with van der Waals surface area (Å²) < 4.78 is 60.1. The molecule has 0 radical (unpaired) electrons. The molecular weight excluding hydrogens is 480 g/mol. The van der Waals surface area contributed by atoms with Crippen LogP contribution in [0, 0.1) is 6.92 Å². The number of anilines is 1. The van der Waals surface area contributed by atoms with Crippen molar-refractivity contribution in [2.45, 2.75) is 32.9 Å². The standard InChI is InChI=1S/C21H17ClF4N6O2/c1-11-4-2-3-5-12(11)8-31-10-27-21(30-31)28-20(33)14-7-6-13(34-14)9-32-17(19(25)26)15(22)16(29-32)18(23)24/h2-7,10,18-19H,8-9H2,1H3,(H,28,30,33). The minimum absolute atomic E-state index is 0.0325. The van der Waals surface area contributed by atoms with E-state index in [0.29, 0.717) is 11.2 Å². The first kappa shape index (κ1) is 23.5. The van der Waals surface area contributed by atoms with Gasteiger partial charge in [0.25, 0.3) is 18.8 Å². The monoisotopic (exact) mass is 496 g/mol. The van der Waals surface area contributed by atoms with Crippen LogP contribution in [0.1, 0.15) is 51.7 Å². The van der Waals surface area contributed by atoms with E-state index in [1.54, 1.807) is 4.68 Å². The van der Waals surface area contributed by atoms with Crippen LogP contribution in [0.4, 0.5) is 23.5 Å². The molecule has 0 fully saturated rings. The van der Waals surface area contributed by atoms with Crippen LogP contribution in [0.15, 0.2) is 47.1 Å². The summed E-state index contributed by atoms with van der Waals surface area (Å²) in [6.45, 7) is 2.00. The molecule has 0 aliphatic rings. The van der Waals surface area contributed by atoms with Gasteiger partial charge in [0.05, 0.1) is 18.1 Å². The third-order valence-electron chi connectivity index (χ3n) is 4.92. The summed E-state index contributed by atoms with van der Waals surface area (Å²) in [6.07, 6.45) is -4.79. The Labute approximate surface area is 195 Å². The van der Waals surface area contributed by atoms with Crippen molar-refractivity contribution in [3.8, 4) is 0 Å². The Morgan fingerprint density at radius 1 is 1.09 bits per heavy atom. The van der Waals surface area contributed by atoms with E-state index in [0.717, 1.165) is 11.1 Å². The SMILES string of the molecule is Cc1ccccc1Cn1cnc(NC(=O)c2ccc(Cn3nc(C(F)F)c(Cl)c3C(F)F)o2)n1. The van der Waals surface area contributed by atoms with Crippen molar-refractivity contribution in [3.63, 3.8) is 0 Å². The van der Waals surface area contributed by atoms with Gasteiger partial charge in [-0.1, -0.05) is 35.9 Å². The third kappa shape index (κ3) is 4.96. The quantitative estimate of drug-likeness (QED) is 0.336. The average molecular weight is 497 g/mol. The summed E-state index contributed by atoms with van der Waals surface area (Å²) in [7, 11) is 0. The summed E-state index contributed by atoms with van der Waals surface area (Å²) in [4.78, 5) is 16.5. The summed E-state index contributed by atoms with van der Waals surface area (Å²) in [5, 5.41) is 9.33. The number of aryl methyl sites for hydroxylation is 1. The first-order valence-electron chi connectivity index (χ1n) is 9.89. The van der Waals surface area contributed by atoms with Gasteiger partial charge in [0, 0.05) is 0 Å². The Bertz CT molecular complexity index is 1320. The van der Waals surface area contributed by atoms with Crippen LogP contribution in [0.25, 0.3) is 0 Å². The number of carbonyl (C=O) groups is 1. The second kappa shape index (κ2) is 9.67. The van der Waals surface area contributed by atoms with E-state index < -0.39 is 41.7 Å². The molecule has 0 atom stereocenters. The molecule has 1 aromatic carbocycles. The summed E-state index contributed by atoms with van der Waals surface area (Å²) in [5.74, 6) is -0.765. The summed E-state index contributed by atoms with van der Waals surface area (Å²) >= 11 is 5.64. The minimum atomic E-state index is -3.13. The molecule has 4 rings (SSSR count). The van der Waals surface area contributed by atoms with Gasteiger partial charge in [-0.25, -0.2) is 27.2 Å². The van der Waals surface area contributed by atoms with E-state index in [1.165, 1.54) is 18.5 Å². The van der Waals surface area contributed by atoms with Crippen LogP contribution in [-0.4, -0.2) is 30.5 Å². The van der Waals surface area contributed by atoms with Gasteiger partial charge in [0.1, 0.15) is 23.5 Å². The fraction of sp³-hybridized carbons (Fsp3) is 0.238. The van der Waals surface area contributed by atoms with Crippen molar-refractivity contribution in [2.24, 2.45) is 0 Å². The largest absolute Gasteiger partial charge is 0.454 e. The molecule has 0 aliphatic heterocycles. The molecule has 34 heavy (non-hydrogen) atoms. The number of nitrogens with zero attached hydrogens (tertiary/aromatic N) is 5.